The van der Waals surface area contributed by atoms with Gasteiger partial charge in [0, 0.05) is 12.0 Å². The van der Waals surface area contributed by atoms with Gasteiger partial charge in [-0.25, -0.2) is 4.39 Å². The molecule has 3 rings (SSSR count). The van der Waals surface area contributed by atoms with Crippen LogP contribution in [-0.4, -0.2) is 43.4 Å². The summed E-state index contributed by atoms with van der Waals surface area (Å²) in [5.41, 5.74) is 0.305. The van der Waals surface area contributed by atoms with Crippen LogP contribution in [0.5, 0.6) is 0 Å². The second-order valence-electron chi connectivity index (χ2n) is 5.71. The fourth-order valence-corrected chi connectivity index (χ4v) is 3.05. The predicted molar refractivity (Wildman–Crippen MR) is 79.1 cm³/mol. The highest BCUT2D eigenvalue weighted by atomic mass is 19.1. The molecule has 1 unspecified atom stereocenters. The molecular weight excluding hydrogens is 303 g/mol. The highest BCUT2D eigenvalue weighted by molar-refractivity contribution is 5.96. The summed E-state index contributed by atoms with van der Waals surface area (Å²) in [6.07, 6.45) is 2.48. The van der Waals surface area contributed by atoms with Gasteiger partial charge in [0.25, 0.3) is 5.91 Å². The van der Waals surface area contributed by atoms with E-state index in [1.54, 1.807) is 0 Å². The molecule has 6 nitrogen and oxygen atoms in total. The lowest BCUT2D eigenvalue weighted by molar-refractivity contribution is -0.169. The van der Waals surface area contributed by atoms with E-state index in [9.17, 15) is 14.0 Å². The normalized spacial score (nSPS) is 22.2. The smallest absolute Gasteiger partial charge is 0.251 e. The van der Waals surface area contributed by atoms with Gasteiger partial charge >= 0.3 is 0 Å². The molecule has 0 radical (unpaired) electrons. The molecule has 23 heavy (non-hydrogen) atoms. The Morgan fingerprint density at radius 1 is 1.22 bits per heavy atom. The first-order valence-electron chi connectivity index (χ1n) is 7.70. The maximum atomic E-state index is 12.8. The molecule has 1 aliphatic heterocycles. The van der Waals surface area contributed by atoms with Crippen molar-refractivity contribution in [3.8, 4) is 0 Å². The van der Waals surface area contributed by atoms with Gasteiger partial charge in [0.1, 0.15) is 5.82 Å². The van der Waals surface area contributed by atoms with Crippen molar-refractivity contribution < 1.29 is 23.5 Å². The predicted octanol–water partition coefficient (Wildman–Crippen LogP) is 0.967. The number of ether oxygens (including phenoxy) is 2. The average Bonchev–Trinajstić information content (AvgIpc) is 3.17. The fourth-order valence-electron chi connectivity index (χ4n) is 3.05. The lowest BCUT2D eigenvalue weighted by Crippen LogP contribution is -2.52. The first kappa shape index (κ1) is 15.9. The molecule has 1 spiro atoms. The second-order valence-corrected chi connectivity index (χ2v) is 5.71. The van der Waals surface area contributed by atoms with E-state index in [0.717, 1.165) is 19.3 Å². The van der Waals surface area contributed by atoms with Gasteiger partial charge in [0.2, 0.25) is 5.91 Å². The summed E-state index contributed by atoms with van der Waals surface area (Å²) in [5, 5.41) is 5.38. The van der Waals surface area contributed by atoms with Crippen LogP contribution in [0.1, 0.15) is 29.6 Å². The van der Waals surface area contributed by atoms with Gasteiger partial charge in [-0.05, 0) is 37.1 Å². The van der Waals surface area contributed by atoms with Gasteiger partial charge in [-0.2, -0.15) is 0 Å². The zero-order valence-electron chi connectivity index (χ0n) is 12.6. The number of hydrogen-bond donors (Lipinski definition) is 2. The monoisotopic (exact) mass is 322 g/mol. The Kier molecular flexibility index (Phi) is 4.58. The van der Waals surface area contributed by atoms with Crippen LogP contribution in [0, 0.1) is 5.82 Å². The molecule has 2 fully saturated rings. The summed E-state index contributed by atoms with van der Waals surface area (Å²) in [7, 11) is 0. The summed E-state index contributed by atoms with van der Waals surface area (Å²) in [6, 6.07) is 4.95. The molecule has 124 valence electrons. The van der Waals surface area contributed by atoms with E-state index < -0.39 is 17.5 Å². The summed E-state index contributed by atoms with van der Waals surface area (Å²) in [5.74, 6) is -1.83. The van der Waals surface area contributed by atoms with Gasteiger partial charge in [-0.15, -0.1) is 0 Å². The molecule has 1 atom stereocenters. The van der Waals surface area contributed by atoms with Crippen molar-refractivity contribution >= 4 is 11.8 Å². The minimum atomic E-state index is -0.698. The van der Waals surface area contributed by atoms with Crippen LogP contribution in [0.3, 0.4) is 0 Å². The van der Waals surface area contributed by atoms with Crippen LogP contribution in [0.25, 0.3) is 0 Å². The number of nitrogens with one attached hydrogen (secondary N) is 2. The Labute approximate surface area is 133 Å². The van der Waals surface area contributed by atoms with E-state index in [1.807, 2.05) is 0 Å². The number of benzene rings is 1. The second kappa shape index (κ2) is 6.64. The number of hydrogen-bond acceptors (Lipinski definition) is 4. The molecule has 1 aliphatic carbocycles. The molecule has 2 aliphatic rings. The molecule has 1 heterocycles. The van der Waals surface area contributed by atoms with E-state index in [-0.39, 0.29) is 18.5 Å². The van der Waals surface area contributed by atoms with Crippen molar-refractivity contribution in [2.45, 2.75) is 31.1 Å². The average molecular weight is 322 g/mol. The van der Waals surface area contributed by atoms with Crippen molar-refractivity contribution in [1.82, 2.24) is 10.6 Å². The third-order valence-electron chi connectivity index (χ3n) is 4.18. The quantitative estimate of drug-likeness (QED) is 0.866. The van der Waals surface area contributed by atoms with Gasteiger partial charge < -0.3 is 20.1 Å². The van der Waals surface area contributed by atoms with Gasteiger partial charge in [0.05, 0.1) is 25.8 Å². The van der Waals surface area contributed by atoms with Crippen LogP contribution in [0.2, 0.25) is 0 Å². The summed E-state index contributed by atoms with van der Waals surface area (Å²) in [6.45, 7) is 0.921. The zero-order chi connectivity index (χ0) is 16.3. The summed E-state index contributed by atoms with van der Waals surface area (Å²) < 4.78 is 24.1. The van der Waals surface area contributed by atoms with E-state index >= 15 is 0 Å². The van der Waals surface area contributed by atoms with E-state index in [1.165, 1.54) is 24.3 Å². The first-order valence-corrected chi connectivity index (χ1v) is 7.70. The zero-order valence-corrected chi connectivity index (χ0v) is 12.6. The largest absolute Gasteiger partial charge is 0.346 e. The van der Waals surface area contributed by atoms with Gasteiger partial charge in [-0.3, -0.25) is 9.59 Å². The van der Waals surface area contributed by atoms with Crippen molar-refractivity contribution in [3.05, 3.63) is 35.6 Å². The lowest BCUT2D eigenvalue weighted by atomic mass is 10.1. The molecule has 1 aromatic rings. The molecule has 1 saturated heterocycles. The van der Waals surface area contributed by atoms with Crippen LogP contribution in [0.15, 0.2) is 24.3 Å². The SMILES string of the molecule is O=C(CNC(=O)c1ccc(F)cc1)NC1CCCC12OCCO2. The van der Waals surface area contributed by atoms with E-state index in [2.05, 4.69) is 10.6 Å². The number of carbonyl (C=O) groups excluding carboxylic acids is 2. The van der Waals surface area contributed by atoms with E-state index in [4.69, 9.17) is 9.47 Å². The number of halogens is 1. The third kappa shape index (κ3) is 3.51. The third-order valence-corrected chi connectivity index (χ3v) is 4.18. The maximum absolute atomic E-state index is 12.8. The van der Waals surface area contributed by atoms with Gasteiger partial charge in [-0.1, -0.05) is 0 Å². The van der Waals surface area contributed by atoms with Crippen LogP contribution in [-0.2, 0) is 14.3 Å². The van der Waals surface area contributed by atoms with Crippen molar-refractivity contribution in [2.75, 3.05) is 19.8 Å². The van der Waals surface area contributed by atoms with Crippen molar-refractivity contribution in [1.29, 1.82) is 0 Å². The first-order chi connectivity index (χ1) is 11.1. The molecule has 7 heteroatoms. The molecule has 2 amide bonds. The molecule has 2 N–H and O–H groups in total. The Hall–Kier alpha value is -1.99. The van der Waals surface area contributed by atoms with Crippen LogP contribution < -0.4 is 10.6 Å². The molecule has 1 aromatic carbocycles. The Morgan fingerprint density at radius 3 is 2.61 bits per heavy atom. The maximum Gasteiger partial charge on any atom is 0.251 e. The highest BCUT2D eigenvalue weighted by Gasteiger charge is 2.48. The molecular formula is C16H19FN2O4. The van der Waals surface area contributed by atoms with Crippen LogP contribution >= 0.6 is 0 Å². The molecule has 1 saturated carbocycles. The fraction of sp³-hybridized carbons (Fsp3) is 0.500. The van der Waals surface area contributed by atoms with Gasteiger partial charge in [0.15, 0.2) is 5.79 Å². The Morgan fingerprint density at radius 2 is 1.91 bits per heavy atom. The van der Waals surface area contributed by atoms with E-state index in [0.29, 0.717) is 18.8 Å². The minimum Gasteiger partial charge on any atom is -0.346 e. The molecule has 0 aromatic heterocycles. The topological polar surface area (TPSA) is 76.7 Å². The number of rotatable bonds is 4. The van der Waals surface area contributed by atoms with Crippen LogP contribution in [0.4, 0.5) is 4.39 Å². The van der Waals surface area contributed by atoms with Crippen molar-refractivity contribution in [2.24, 2.45) is 0 Å². The minimum absolute atomic E-state index is 0.150. The number of amides is 2. The molecule has 0 bridgehead atoms. The van der Waals surface area contributed by atoms with Crippen molar-refractivity contribution in [3.63, 3.8) is 0 Å². The lowest BCUT2D eigenvalue weighted by Gasteiger charge is -2.29. The summed E-state index contributed by atoms with van der Waals surface area (Å²) >= 11 is 0. The summed E-state index contributed by atoms with van der Waals surface area (Å²) in [4.78, 5) is 23.9. The Bertz CT molecular complexity index is 579. The standard InChI is InChI=1S/C16H19FN2O4/c17-12-5-3-11(4-6-12)15(21)18-10-14(20)19-13-2-1-7-16(13)22-8-9-23-16/h3-6,13H,1-2,7-10H2,(H,18,21)(H,19,20). The Balaban J connectivity index is 1.49. The highest BCUT2D eigenvalue weighted by Crippen LogP contribution is 2.37. The number of carbonyl (C=O) groups is 2.